The Morgan fingerprint density at radius 3 is 2.86 bits per heavy atom. The Kier molecular flexibility index (Phi) is 4.58. The number of hydrogen-bond donors (Lipinski definition) is 2. The highest BCUT2D eigenvalue weighted by Crippen LogP contribution is 2.54. The fourth-order valence-electron chi connectivity index (χ4n) is 4.50. The highest BCUT2D eigenvalue weighted by atomic mass is 32.2. The van der Waals surface area contributed by atoms with Crippen molar-refractivity contribution in [2.75, 3.05) is 5.75 Å². The third kappa shape index (κ3) is 3.14. The largest absolute Gasteiger partial charge is 0.490 e. The van der Waals surface area contributed by atoms with Crippen LogP contribution in [0.25, 0.3) is 0 Å². The SMILES string of the molecule is CC(C)(C)C(=O)N[C@H]1CC[C@@H]2Oc3ccc(C#N)cc3[C@@]3(CSC(N)=N3)[C@H]2C1. The van der Waals surface area contributed by atoms with Crippen LogP contribution >= 0.6 is 11.8 Å². The van der Waals surface area contributed by atoms with Gasteiger partial charge in [-0.15, -0.1) is 0 Å². The van der Waals surface area contributed by atoms with Gasteiger partial charge < -0.3 is 15.8 Å². The Morgan fingerprint density at radius 2 is 2.21 bits per heavy atom. The number of rotatable bonds is 1. The second-order valence-electron chi connectivity index (χ2n) is 8.98. The van der Waals surface area contributed by atoms with Crippen molar-refractivity contribution in [1.82, 2.24) is 5.32 Å². The Bertz CT molecular complexity index is 885. The fourth-order valence-corrected chi connectivity index (χ4v) is 5.53. The Balaban J connectivity index is 1.70. The first kappa shape index (κ1) is 19.1. The zero-order valence-electron chi connectivity index (χ0n) is 16.5. The van der Waals surface area contributed by atoms with Gasteiger partial charge in [0, 0.05) is 28.7 Å². The molecule has 1 fully saturated rings. The molecule has 1 aromatic carbocycles. The van der Waals surface area contributed by atoms with Crippen molar-refractivity contribution in [2.24, 2.45) is 22.1 Å². The number of benzene rings is 1. The number of fused-ring (bicyclic) bond motifs is 4. The van der Waals surface area contributed by atoms with Gasteiger partial charge in [0.15, 0.2) is 5.17 Å². The number of nitrogens with two attached hydrogens (primary N) is 1. The third-order valence-corrected chi connectivity index (χ3v) is 6.99. The quantitative estimate of drug-likeness (QED) is 0.757. The minimum atomic E-state index is -0.495. The summed E-state index contributed by atoms with van der Waals surface area (Å²) in [4.78, 5) is 17.4. The molecule has 0 aromatic heterocycles. The molecule has 4 rings (SSSR count). The molecule has 0 radical (unpaired) electrons. The Morgan fingerprint density at radius 1 is 1.43 bits per heavy atom. The molecule has 3 aliphatic rings. The van der Waals surface area contributed by atoms with Crippen LogP contribution in [-0.2, 0) is 10.3 Å². The predicted octanol–water partition coefficient (Wildman–Crippen LogP) is 2.91. The lowest BCUT2D eigenvalue weighted by molar-refractivity contribution is -0.130. The van der Waals surface area contributed by atoms with Crippen molar-refractivity contribution in [3.8, 4) is 11.8 Å². The van der Waals surface area contributed by atoms with E-state index < -0.39 is 11.0 Å². The van der Waals surface area contributed by atoms with E-state index in [1.165, 1.54) is 0 Å². The summed E-state index contributed by atoms with van der Waals surface area (Å²) in [6.07, 6.45) is 2.58. The second kappa shape index (κ2) is 6.70. The number of nitrogens with zero attached hydrogens (tertiary/aromatic N) is 2. The normalized spacial score (nSPS) is 31.2. The van der Waals surface area contributed by atoms with Crippen LogP contribution in [0.1, 0.15) is 51.2 Å². The first-order chi connectivity index (χ1) is 13.2. The molecule has 0 bridgehead atoms. The van der Waals surface area contributed by atoms with E-state index in [1.54, 1.807) is 17.8 Å². The molecule has 2 aliphatic heterocycles. The number of amidine groups is 1. The molecule has 0 unspecified atom stereocenters. The van der Waals surface area contributed by atoms with Crippen LogP contribution in [0.4, 0.5) is 0 Å². The van der Waals surface area contributed by atoms with Gasteiger partial charge in [-0.2, -0.15) is 5.26 Å². The van der Waals surface area contributed by atoms with Crippen LogP contribution in [0, 0.1) is 22.7 Å². The van der Waals surface area contributed by atoms with Gasteiger partial charge in [-0.1, -0.05) is 32.5 Å². The van der Waals surface area contributed by atoms with Gasteiger partial charge in [0.1, 0.15) is 17.4 Å². The van der Waals surface area contributed by atoms with Crippen molar-refractivity contribution in [3.63, 3.8) is 0 Å². The topological polar surface area (TPSA) is 100 Å². The standard InChI is InChI=1S/C21H26N4O2S/c1-20(2,3)18(26)24-13-5-7-17-15(9-13)21(11-28-19(23)25-21)14-8-12(10-22)4-6-16(14)27-17/h4,6,8,13,15,17H,5,7,9,11H2,1-3H3,(H2,23,25)(H,24,26)/t13-,15-,17-,21-/m0/s1. The van der Waals surface area contributed by atoms with Crippen LogP contribution in [0.15, 0.2) is 23.2 Å². The number of hydrogen-bond acceptors (Lipinski definition) is 6. The average Bonchev–Trinajstić information content (AvgIpc) is 3.04. The number of amides is 1. The number of nitrogens with one attached hydrogen (secondary N) is 1. The third-order valence-electron chi connectivity index (χ3n) is 6.02. The molecule has 7 heteroatoms. The molecule has 6 nitrogen and oxygen atoms in total. The number of nitriles is 1. The van der Waals surface area contributed by atoms with Crippen LogP contribution in [0.5, 0.6) is 5.75 Å². The predicted molar refractivity (Wildman–Crippen MR) is 110 cm³/mol. The first-order valence-corrected chi connectivity index (χ1v) is 10.7. The van der Waals surface area contributed by atoms with E-state index in [4.69, 9.17) is 15.5 Å². The summed E-state index contributed by atoms with van der Waals surface area (Å²) in [5.41, 5.74) is 6.73. The molecule has 1 amide bonds. The second-order valence-corrected chi connectivity index (χ2v) is 9.98. The van der Waals surface area contributed by atoms with Crippen molar-refractivity contribution < 1.29 is 9.53 Å². The molecular formula is C21H26N4O2S. The average molecular weight is 399 g/mol. The highest BCUT2D eigenvalue weighted by molar-refractivity contribution is 8.14. The lowest BCUT2D eigenvalue weighted by Gasteiger charge is -2.49. The van der Waals surface area contributed by atoms with E-state index in [1.807, 2.05) is 32.9 Å². The zero-order chi connectivity index (χ0) is 20.1. The molecular weight excluding hydrogens is 372 g/mol. The maximum Gasteiger partial charge on any atom is 0.225 e. The highest BCUT2D eigenvalue weighted by Gasteiger charge is 2.54. The van der Waals surface area contributed by atoms with Gasteiger partial charge in [0.25, 0.3) is 0 Å². The summed E-state index contributed by atoms with van der Waals surface area (Å²) >= 11 is 1.56. The number of ether oxygens (including phenoxy) is 1. The molecule has 4 atom stereocenters. The summed E-state index contributed by atoms with van der Waals surface area (Å²) in [7, 11) is 0. The minimum absolute atomic E-state index is 0.0403. The summed E-state index contributed by atoms with van der Waals surface area (Å²) in [5.74, 6) is 1.72. The van der Waals surface area contributed by atoms with Gasteiger partial charge in [-0.3, -0.25) is 4.79 Å². The first-order valence-electron chi connectivity index (χ1n) is 9.73. The Labute approximate surface area is 169 Å². The van der Waals surface area contributed by atoms with Gasteiger partial charge in [-0.25, -0.2) is 4.99 Å². The van der Waals surface area contributed by atoms with E-state index in [9.17, 15) is 10.1 Å². The van der Waals surface area contributed by atoms with E-state index >= 15 is 0 Å². The summed E-state index contributed by atoms with van der Waals surface area (Å²) in [6.45, 7) is 5.78. The van der Waals surface area contributed by atoms with E-state index in [0.29, 0.717) is 10.7 Å². The van der Waals surface area contributed by atoms with Crippen LogP contribution in [0.3, 0.4) is 0 Å². The van der Waals surface area contributed by atoms with Crippen molar-refractivity contribution in [1.29, 1.82) is 5.26 Å². The Hall–Kier alpha value is -2.20. The van der Waals surface area contributed by atoms with Gasteiger partial charge >= 0.3 is 0 Å². The molecule has 0 saturated heterocycles. The molecule has 1 saturated carbocycles. The van der Waals surface area contributed by atoms with Crippen LogP contribution in [-0.4, -0.2) is 29.0 Å². The number of thioether (sulfide) groups is 1. The summed E-state index contributed by atoms with van der Waals surface area (Å²) in [5, 5.41) is 13.2. The van der Waals surface area contributed by atoms with Gasteiger partial charge in [0.05, 0.1) is 11.6 Å². The maximum atomic E-state index is 12.5. The molecule has 1 aliphatic carbocycles. The number of aliphatic imine (C=N–C) groups is 1. The number of carbonyl (C=O) groups excluding carboxylic acids is 1. The molecule has 2 heterocycles. The van der Waals surface area contributed by atoms with E-state index in [2.05, 4.69) is 11.4 Å². The molecule has 3 N–H and O–H groups in total. The molecule has 148 valence electrons. The van der Waals surface area contributed by atoms with Gasteiger partial charge in [0.2, 0.25) is 5.91 Å². The van der Waals surface area contributed by atoms with E-state index in [-0.39, 0.29) is 24.0 Å². The molecule has 28 heavy (non-hydrogen) atoms. The summed E-state index contributed by atoms with van der Waals surface area (Å²) in [6, 6.07) is 7.88. The van der Waals surface area contributed by atoms with Crippen molar-refractivity contribution in [3.05, 3.63) is 29.3 Å². The lowest BCUT2D eigenvalue weighted by atomic mass is 9.67. The number of carbonyl (C=O) groups is 1. The van der Waals surface area contributed by atoms with Crippen molar-refractivity contribution in [2.45, 2.75) is 57.7 Å². The summed E-state index contributed by atoms with van der Waals surface area (Å²) < 4.78 is 6.34. The maximum absolute atomic E-state index is 12.5. The lowest BCUT2D eigenvalue weighted by Crippen LogP contribution is -2.55. The zero-order valence-corrected chi connectivity index (χ0v) is 17.3. The minimum Gasteiger partial charge on any atom is -0.490 e. The monoisotopic (exact) mass is 398 g/mol. The van der Waals surface area contributed by atoms with Crippen molar-refractivity contribution >= 4 is 22.8 Å². The van der Waals surface area contributed by atoms with Gasteiger partial charge in [-0.05, 0) is 37.5 Å². The van der Waals surface area contributed by atoms with Crippen LogP contribution in [0.2, 0.25) is 0 Å². The molecule has 1 aromatic rings. The fraction of sp³-hybridized carbons (Fsp3) is 0.571. The molecule has 1 spiro atoms. The van der Waals surface area contributed by atoms with Crippen LogP contribution < -0.4 is 15.8 Å². The van der Waals surface area contributed by atoms with E-state index in [0.717, 1.165) is 36.3 Å². The smallest absolute Gasteiger partial charge is 0.225 e.